The van der Waals surface area contributed by atoms with Crippen LogP contribution in [0.4, 0.5) is 12.7 Å². The van der Waals surface area contributed by atoms with Crippen molar-refractivity contribution in [1.29, 1.82) is 0 Å². The van der Waals surface area contributed by atoms with E-state index in [0.717, 1.165) is 16.2 Å². The molecule has 0 bridgehead atoms. The van der Waals surface area contributed by atoms with Crippen molar-refractivity contribution in [2.24, 2.45) is 10.9 Å². The number of oxime groups is 1. The zero-order chi connectivity index (χ0) is 13.4. The van der Waals surface area contributed by atoms with Crippen LogP contribution >= 0.6 is 12.3 Å². The summed E-state index contributed by atoms with van der Waals surface area (Å²) in [6, 6.07) is 0.870. The van der Waals surface area contributed by atoms with Gasteiger partial charge in [0.1, 0.15) is 19.5 Å². The smallest absolute Gasteiger partial charge is 0.172 e. The minimum absolute atomic E-state index is 0.0816. The molecule has 2 radical (unpaired) electrons. The maximum Gasteiger partial charge on any atom is 0.172 e. The van der Waals surface area contributed by atoms with Crippen LogP contribution in [0.25, 0.3) is 10.9 Å². The molecule has 3 N–H and O–H groups in total. The molecule has 0 unspecified atom stereocenters. The molecule has 0 spiro atoms. The predicted octanol–water partition coefficient (Wildman–Crippen LogP) is 1.19. The van der Waals surface area contributed by atoms with E-state index in [-0.39, 0.29) is 28.8 Å². The molecule has 92 valence electrons. The maximum absolute atomic E-state index is 13.9. The number of nitrogens with two attached hydrogens (primary N) is 1. The second-order valence-corrected chi connectivity index (χ2v) is 3.93. The first-order chi connectivity index (χ1) is 8.51. The van der Waals surface area contributed by atoms with Gasteiger partial charge in [-0.25, -0.2) is 8.78 Å². The standard InChI is InChI=1S/C9H5BF3N3OS/c10-7-4(11)1-5-6(8(7)12)3(9(14)15-17)2-16(5)18-13/h1-2,17H,(H2,14,15). The number of rotatable bonds is 2. The van der Waals surface area contributed by atoms with E-state index in [0.29, 0.717) is 0 Å². The van der Waals surface area contributed by atoms with E-state index in [9.17, 15) is 12.7 Å². The fourth-order valence-electron chi connectivity index (χ4n) is 1.61. The van der Waals surface area contributed by atoms with E-state index in [1.807, 2.05) is 0 Å². The van der Waals surface area contributed by atoms with Crippen LogP contribution in [-0.4, -0.2) is 22.9 Å². The van der Waals surface area contributed by atoms with Crippen molar-refractivity contribution in [1.82, 2.24) is 3.97 Å². The summed E-state index contributed by atoms with van der Waals surface area (Å²) in [5.41, 5.74) is 4.44. The number of hydrogen-bond acceptors (Lipinski definition) is 3. The molecule has 0 aliphatic heterocycles. The Balaban J connectivity index is 2.94. The van der Waals surface area contributed by atoms with Gasteiger partial charge in [0.15, 0.2) is 18.2 Å². The second kappa shape index (κ2) is 4.49. The number of amidine groups is 1. The number of benzene rings is 1. The Hall–Kier alpha value is -1.77. The van der Waals surface area contributed by atoms with E-state index >= 15 is 0 Å². The summed E-state index contributed by atoms with van der Waals surface area (Å²) in [7, 11) is 5.21. The summed E-state index contributed by atoms with van der Waals surface area (Å²) < 4.78 is 40.7. The van der Waals surface area contributed by atoms with E-state index in [2.05, 4.69) is 5.16 Å². The molecule has 0 fully saturated rings. The Morgan fingerprint density at radius 3 is 2.72 bits per heavy atom. The van der Waals surface area contributed by atoms with Gasteiger partial charge in [-0.05, 0) is 11.5 Å². The normalized spacial score (nSPS) is 12.3. The second-order valence-electron chi connectivity index (χ2n) is 3.40. The third-order valence-electron chi connectivity index (χ3n) is 2.44. The first-order valence-corrected chi connectivity index (χ1v) is 5.24. The van der Waals surface area contributed by atoms with Crippen LogP contribution in [0.1, 0.15) is 5.56 Å². The summed E-state index contributed by atoms with van der Waals surface area (Å²) in [6.45, 7) is 0. The quantitative estimate of drug-likeness (QED) is 0.283. The van der Waals surface area contributed by atoms with Gasteiger partial charge in [0.25, 0.3) is 0 Å². The highest BCUT2D eigenvalue weighted by Crippen LogP contribution is 2.28. The van der Waals surface area contributed by atoms with Crippen LogP contribution in [0.5, 0.6) is 0 Å². The Morgan fingerprint density at radius 2 is 2.17 bits per heavy atom. The third kappa shape index (κ3) is 1.71. The van der Waals surface area contributed by atoms with Crippen LogP contribution in [0.15, 0.2) is 17.4 Å². The molecule has 4 nitrogen and oxygen atoms in total. The van der Waals surface area contributed by atoms with Gasteiger partial charge >= 0.3 is 0 Å². The molecule has 1 aromatic carbocycles. The van der Waals surface area contributed by atoms with E-state index in [4.69, 9.17) is 18.8 Å². The van der Waals surface area contributed by atoms with Crippen LogP contribution < -0.4 is 11.2 Å². The van der Waals surface area contributed by atoms with Crippen molar-refractivity contribution in [3.8, 4) is 0 Å². The molecule has 0 saturated carbocycles. The Bertz CT molecular complexity index is 658. The Kier molecular flexibility index (Phi) is 3.16. The number of nitrogens with zero attached hydrogens (tertiary/aromatic N) is 2. The molecule has 0 aliphatic rings. The van der Waals surface area contributed by atoms with Gasteiger partial charge in [-0.1, -0.05) is 5.16 Å². The Morgan fingerprint density at radius 1 is 1.50 bits per heavy atom. The maximum atomic E-state index is 13.9. The molecule has 1 heterocycles. The zero-order valence-electron chi connectivity index (χ0n) is 8.69. The zero-order valence-corrected chi connectivity index (χ0v) is 9.51. The molecule has 2 rings (SSSR count). The van der Waals surface area contributed by atoms with E-state index in [1.165, 1.54) is 0 Å². The lowest BCUT2D eigenvalue weighted by atomic mass is 9.92. The number of fused-ring (bicyclic) bond motifs is 1. The SMILES string of the molecule is [B]c1c(F)cc2c(c(/C(N)=N/O)cn2SF)c1F. The van der Waals surface area contributed by atoms with Gasteiger partial charge < -0.3 is 10.9 Å². The van der Waals surface area contributed by atoms with Crippen LogP contribution in [-0.2, 0) is 0 Å². The predicted molar refractivity (Wildman–Crippen MR) is 63.8 cm³/mol. The van der Waals surface area contributed by atoms with Crippen LogP contribution in [0.2, 0.25) is 0 Å². The minimum Gasteiger partial charge on any atom is -0.409 e. The topological polar surface area (TPSA) is 63.5 Å². The largest absolute Gasteiger partial charge is 0.409 e. The molecule has 0 aliphatic carbocycles. The molecule has 0 saturated heterocycles. The van der Waals surface area contributed by atoms with Crippen molar-refractivity contribution in [3.63, 3.8) is 0 Å². The van der Waals surface area contributed by atoms with Crippen molar-refractivity contribution >= 4 is 42.4 Å². The fourth-order valence-corrected chi connectivity index (χ4v) is 1.97. The summed E-state index contributed by atoms with van der Waals surface area (Å²) in [5, 5.41) is 11.1. The molecule has 0 amide bonds. The summed E-state index contributed by atoms with van der Waals surface area (Å²) in [4.78, 5) is 0. The molecular weight excluding hydrogens is 266 g/mol. The first-order valence-electron chi connectivity index (χ1n) is 4.56. The molecule has 9 heteroatoms. The average Bonchev–Trinajstić information content (AvgIpc) is 2.73. The summed E-state index contributed by atoms with van der Waals surface area (Å²) in [5.74, 6) is -2.53. The highest BCUT2D eigenvalue weighted by Gasteiger charge is 2.20. The molecular formula is C9H5BF3N3OS. The molecule has 0 atom stereocenters. The molecule has 1 aromatic heterocycles. The van der Waals surface area contributed by atoms with Crippen LogP contribution in [0.3, 0.4) is 0 Å². The van der Waals surface area contributed by atoms with Gasteiger partial charge in [-0.2, -0.15) is 0 Å². The van der Waals surface area contributed by atoms with Gasteiger partial charge in [0.2, 0.25) is 0 Å². The van der Waals surface area contributed by atoms with Gasteiger partial charge in [-0.3, -0.25) is 3.97 Å². The fraction of sp³-hybridized carbons (Fsp3) is 0. The van der Waals surface area contributed by atoms with Gasteiger partial charge in [-0.15, -0.1) is 3.89 Å². The third-order valence-corrected chi connectivity index (χ3v) is 2.89. The average molecular weight is 271 g/mol. The van der Waals surface area contributed by atoms with Gasteiger partial charge in [0, 0.05) is 17.1 Å². The summed E-state index contributed by atoms with van der Waals surface area (Å²) >= 11 is -0.279. The van der Waals surface area contributed by atoms with Crippen molar-refractivity contribution in [2.75, 3.05) is 0 Å². The van der Waals surface area contributed by atoms with E-state index in [1.54, 1.807) is 0 Å². The lowest BCUT2D eigenvalue weighted by molar-refractivity contribution is 0.318. The van der Waals surface area contributed by atoms with Crippen molar-refractivity contribution in [3.05, 3.63) is 29.5 Å². The minimum atomic E-state index is -1.08. The number of hydrogen-bond donors (Lipinski definition) is 2. The summed E-state index contributed by atoms with van der Waals surface area (Å²) in [6.07, 6.45) is 1.08. The highest BCUT2D eigenvalue weighted by molar-refractivity contribution is 7.92. The van der Waals surface area contributed by atoms with E-state index < -0.39 is 22.9 Å². The number of aromatic nitrogens is 1. The van der Waals surface area contributed by atoms with Crippen molar-refractivity contribution in [2.45, 2.75) is 0 Å². The number of halogens is 3. The van der Waals surface area contributed by atoms with Crippen LogP contribution in [0, 0.1) is 11.6 Å². The first kappa shape index (κ1) is 12.7. The highest BCUT2D eigenvalue weighted by atomic mass is 32.2. The Labute approximate surface area is 105 Å². The van der Waals surface area contributed by atoms with Gasteiger partial charge in [0.05, 0.1) is 5.52 Å². The molecule has 18 heavy (non-hydrogen) atoms. The lowest BCUT2D eigenvalue weighted by Gasteiger charge is -2.03. The van der Waals surface area contributed by atoms with Crippen molar-refractivity contribution < 1.29 is 17.9 Å². The monoisotopic (exact) mass is 271 g/mol. The molecule has 2 aromatic rings. The lowest BCUT2D eigenvalue weighted by Crippen LogP contribution is -2.17.